The highest BCUT2D eigenvalue weighted by Gasteiger charge is 2.18. The van der Waals surface area contributed by atoms with Crippen LogP contribution in [0.4, 0.5) is 0 Å². The molecule has 0 fully saturated rings. The molecular formula is C18H19ClO. The van der Waals surface area contributed by atoms with Crippen LogP contribution >= 0.6 is 11.6 Å². The third kappa shape index (κ3) is 3.10. The summed E-state index contributed by atoms with van der Waals surface area (Å²) in [5, 5.41) is 0.640. The Morgan fingerprint density at radius 3 is 1.85 bits per heavy atom. The summed E-state index contributed by atoms with van der Waals surface area (Å²) >= 11 is 5.84. The molecular weight excluding hydrogens is 268 g/mol. The van der Waals surface area contributed by atoms with E-state index in [4.69, 9.17) is 11.6 Å². The van der Waals surface area contributed by atoms with Crippen LogP contribution in [0.3, 0.4) is 0 Å². The second kappa shape index (κ2) is 5.80. The summed E-state index contributed by atoms with van der Waals surface area (Å²) in [6.07, 6.45) is 1.07. The van der Waals surface area contributed by atoms with Crippen molar-refractivity contribution in [2.45, 2.75) is 32.6 Å². The van der Waals surface area contributed by atoms with Gasteiger partial charge in [-0.2, -0.15) is 0 Å². The highest BCUT2D eigenvalue weighted by molar-refractivity contribution is 6.30. The molecule has 0 amide bonds. The van der Waals surface area contributed by atoms with E-state index in [0.29, 0.717) is 16.1 Å². The molecule has 20 heavy (non-hydrogen) atoms. The second-order valence-electron chi connectivity index (χ2n) is 5.65. The van der Waals surface area contributed by atoms with Gasteiger partial charge in [-0.1, -0.05) is 56.6 Å². The Morgan fingerprint density at radius 1 is 0.950 bits per heavy atom. The van der Waals surface area contributed by atoms with Gasteiger partial charge in [-0.05, 0) is 41.7 Å². The molecule has 0 spiro atoms. The summed E-state index contributed by atoms with van der Waals surface area (Å²) in [5.41, 5.74) is 2.77. The quantitative estimate of drug-likeness (QED) is 0.701. The van der Waals surface area contributed by atoms with Crippen molar-refractivity contribution in [2.75, 3.05) is 0 Å². The Kier molecular flexibility index (Phi) is 4.29. The Labute approximate surface area is 125 Å². The van der Waals surface area contributed by atoms with Crippen LogP contribution in [0.2, 0.25) is 5.02 Å². The third-order valence-corrected chi connectivity index (χ3v) is 4.17. The van der Waals surface area contributed by atoms with Crippen LogP contribution in [-0.4, -0.2) is 5.78 Å². The topological polar surface area (TPSA) is 17.1 Å². The molecule has 2 aromatic carbocycles. The number of ketones is 1. The van der Waals surface area contributed by atoms with Gasteiger partial charge in [0.05, 0.1) is 0 Å². The van der Waals surface area contributed by atoms with Crippen LogP contribution in [0.25, 0.3) is 0 Å². The van der Waals surface area contributed by atoms with Crippen molar-refractivity contribution in [1.82, 2.24) is 0 Å². The maximum atomic E-state index is 12.3. The van der Waals surface area contributed by atoms with Crippen molar-refractivity contribution in [3.05, 3.63) is 70.2 Å². The lowest BCUT2D eigenvalue weighted by atomic mass is 9.82. The normalized spacial score (nSPS) is 11.4. The van der Waals surface area contributed by atoms with Gasteiger partial charge in [0.2, 0.25) is 0 Å². The van der Waals surface area contributed by atoms with E-state index in [0.717, 1.165) is 6.42 Å². The van der Waals surface area contributed by atoms with Gasteiger partial charge in [-0.3, -0.25) is 4.79 Å². The molecule has 0 aliphatic rings. The Hall–Kier alpha value is -1.60. The lowest BCUT2D eigenvalue weighted by Gasteiger charge is -2.23. The molecule has 0 N–H and O–H groups in total. The van der Waals surface area contributed by atoms with Gasteiger partial charge in [0, 0.05) is 16.1 Å². The van der Waals surface area contributed by atoms with Gasteiger partial charge in [-0.15, -0.1) is 0 Å². The van der Waals surface area contributed by atoms with Crippen molar-refractivity contribution < 1.29 is 4.79 Å². The fourth-order valence-corrected chi connectivity index (χ4v) is 2.17. The molecule has 0 saturated heterocycles. The predicted molar refractivity (Wildman–Crippen MR) is 84.6 cm³/mol. The van der Waals surface area contributed by atoms with Gasteiger partial charge in [0.1, 0.15) is 0 Å². The summed E-state index contributed by atoms with van der Waals surface area (Å²) in [5.74, 6) is 0.0301. The van der Waals surface area contributed by atoms with E-state index in [9.17, 15) is 4.79 Å². The molecule has 0 aliphatic heterocycles. The minimum absolute atomic E-state index is 0.0301. The Morgan fingerprint density at radius 2 is 1.40 bits per heavy atom. The zero-order valence-electron chi connectivity index (χ0n) is 12.1. The van der Waals surface area contributed by atoms with E-state index < -0.39 is 0 Å². The van der Waals surface area contributed by atoms with E-state index in [-0.39, 0.29) is 11.2 Å². The van der Waals surface area contributed by atoms with Gasteiger partial charge >= 0.3 is 0 Å². The number of carbonyl (C=O) groups excluding carboxylic acids is 1. The first-order valence-electron chi connectivity index (χ1n) is 6.85. The molecule has 1 nitrogen and oxygen atoms in total. The standard InChI is InChI=1S/C18H19ClO/c1-4-18(2,3)15-9-5-13(6-10-15)17(20)14-7-11-16(19)12-8-14/h5-12H,4H2,1-3H3. The summed E-state index contributed by atoms with van der Waals surface area (Å²) in [6, 6.07) is 14.9. The third-order valence-electron chi connectivity index (χ3n) is 3.92. The highest BCUT2D eigenvalue weighted by atomic mass is 35.5. The lowest BCUT2D eigenvalue weighted by Crippen LogP contribution is -2.15. The zero-order chi connectivity index (χ0) is 14.8. The van der Waals surface area contributed by atoms with Crippen LogP contribution in [0, 0.1) is 0 Å². The molecule has 0 atom stereocenters. The molecule has 0 radical (unpaired) electrons. The first kappa shape index (κ1) is 14.8. The number of rotatable bonds is 4. The number of carbonyl (C=O) groups is 1. The van der Waals surface area contributed by atoms with Crippen LogP contribution in [0.1, 0.15) is 48.7 Å². The SMILES string of the molecule is CCC(C)(C)c1ccc(C(=O)c2ccc(Cl)cc2)cc1. The van der Waals surface area contributed by atoms with Gasteiger partial charge < -0.3 is 0 Å². The van der Waals surface area contributed by atoms with Gasteiger partial charge in [0.25, 0.3) is 0 Å². The monoisotopic (exact) mass is 286 g/mol. The second-order valence-corrected chi connectivity index (χ2v) is 6.09. The number of benzene rings is 2. The largest absolute Gasteiger partial charge is 0.289 e. The number of hydrogen-bond donors (Lipinski definition) is 0. The van der Waals surface area contributed by atoms with E-state index in [1.54, 1.807) is 24.3 Å². The molecule has 0 aromatic heterocycles. The fraction of sp³-hybridized carbons (Fsp3) is 0.278. The highest BCUT2D eigenvalue weighted by Crippen LogP contribution is 2.27. The Balaban J connectivity index is 2.26. The number of halogens is 1. The first-order chi connectivity index (χ1) is 9.44. The van der Waals surface area contributed by atoms with Crippen LogP contribution in [0.15, 0.2) is 48.5 Å². The van der Waals surface area contributed by atoms with Crippen molar-refractivity contribution in [3.8, 4) is 0 Å². The maximum Gasteiger partial charge on any atom is 0.193 e. The minimum Gasteiger partial charge on any atom is -0.289 e. The Bertz CT molecular complexity index is 594. The van der Waals surface area contributed by atoms with Crippen LogP contribution in [-0.2, 0) is 5.41 Å². The van der Waals surface area contributed by atoms with Crippen molar-refractivity contribution in [1.29, 1.82) is 0 Å². The maximum absolute atomic E-state index is 12.3. The van der Waals surface area contributed by atoms with E-state index in [1.165, 1.54) is 5.56 Å². The molecule has 0 aliphatic carbocycles. The zero-order valence-corrected chi connectivity index (χ0v) is 12.9. The predicted octanol–water partition coefficient (Wildman–Crippen LogP) is 5.26. The minimum atomic E-state index is 0.0301. The number of hydrogen-bond acceptors (Lipinski definition) is 1. The molecule has 0 heterocycles. The smallest absolute Gasteiger partial charge is 0.193 e. The molecule has 0 bridgehead atoms. The molecule has 0 unspecified atom stereocenters. The molecule has 0 saturated carbocycles. The molecule has 2 aromatic rings. The average Bonchev–Trinajstić information content (AvgIpc) is 2.47. The van der Waals surface area contributed by atoms with Gasteiger partial charge in [-0.25, -0.2) is 0 Å². The van der Waals surface area contributed by atoms with E-state index >= 15 is 0 Å². The summed E-state index contributed by atoms with van der Waals surface area (Å²) in [7, 11) is 0. The average molecular weight is 287 g/mol. The first-order valence-corrected chi connectivity index (χ1v) is 7.22. The summed E-state index contributed by atoms with van der Waals surface area (Å²) in [4.78, 5) is 12.3. The van der Waals surface area contributed by atoms with Crippen LogP contribution < -0.4 is 0 Å². The lowest BCUT2D eigenvalue weighted by molar-refractivity contribution is 0.103. The van der Waals surface area contributed by atoms with Crippen molar-refractivity contribution >= 4 is 17.4 Å². The van der Waals surface area contributed by atoms with E-state index in [1.807, 2.05) is 24.3 Å². The summed E-state index contributed by atoms with van der Waals surface area (Å²) in [6.45, 7) is 6.60. The van der Waals surface area contributed by atoms with Crippen molar-refractivity contribution in [3.63, 3.8) is 0 Å². The molecule has 2 heteroatoms. The van der Waals surface area contributed by atoms with Crippen LogP contribution in [0.5, 0.6) is 0 Å². The molecule has 104 valence electrons. The van der Waals surface area contributed by atoms with Crippen molar-refractivity contribution in [2.24, 2.45) is 0 Å². The summed E-state index contributed by atoms with van der Waals surface area (Å²) < 4.78 is 0. The van der Waals surface area contributed by atoms with E-state index in [2.05, 4.69) is 20.8 Å². The fourth-order valence-electron chi connectivity index (χ4n) is 2.04. The molecule has 2 rings (SSSR count). The van der Waals surface area contributed by atoms with Gasteiger partial charge in [0.15, 0.2) is 5.78 Å².